The average molecular weight is 390 g/mol. The molecule has 0 unspecified atom stereocenters. The van der Waals surface area contributed by atoms with E-state index in [0.717, 1.165) is 30.0 Å². The third-order valence-corrected chi connectivity index (χ3v) is 6.35. The van der Waals surface area contributed by atoms with E-state index in [9.17, 15) is 9.59 Å². The van der Waals surface area contributed by atoms with E-state index < -0.39 is 0 Å². The van der Waals surface area contributed by atoms with Gasteiger partial charge in [0.2, 0.25) is 5.91 Å². The molecule has 2 aromatic carbocycles. The molecular formula is C23H26N4O2. The molecule has 0 spiro atoms. The number of nitrogens with one attached hydrogen (secondary N) is 1. The third-order valence-electron chi connectivity index (χ3n) is 6.35. The maximum Gasteiger partial charge on any atom is 0.258 e. The Labute approximate surface area is 171 Å². The van der Waals surface area contributed by atoms with E-state index in [-0.39, 0.29) is 11.8 Å². The van der Waals surface area contributed by atoms with Gasteiger partial charge in [0.1, 0.15) is 0 Å². The molecule has 0 bridgehead atoms. The summed E-state index contributed by atoms with van der Waals surface area (Å²) in [7, 11) is 1.97. The van der Waals surface area contributed by atoms with Gasteiger partial charge in [-0.3, -0.25) is 9.59 Å². The van der Waals surface area contributed by atoms with Gasteiger partial charge in [-0.15, -0.1) is 0 Å². The number of fused-ring (bicyclic) bond motifs is 4. The van der Waals surface area contributed by atoms with Gasteiger partial charge in [0.05, 0.1) is 22.7 Å². The van der Waals surface area contributed by atoms with Crippen molar-refractivity contribution >= 4 is 34.6 Å². The Bertz CT molecular complexity index is 973. The smallest absolute Gasteiger partial charge is 0.258 e. The lowest BCUT2D eigenvalue weighted by atomic mass is 9.96. The molecule has 1 atom stereocenters. The number of rotatable bonds is 1. The van der Waals surface area contributed by atoms with Crippen molar-refractivity contribution < 1.29 is 9.59 Å². The molecular weight excluding hydrogens is 364 g/mol. The van der Waals surface area contributed by atoms with Crippen LogP contribution >= 0.6 is 0 Å². The molecule has 0 radical (unpaired) electrons. The van der Waals surface area contributed by atoms with Crippen LogP contribution in [0.1, 0.15) is 36.0 Å². The summed E-state index contributed by atoms with van der Waals surface area (Å²) in [6.07, 6.45) is 3.98. The Balaban J connectivity index is 1.51. The molecule has 150 valence electrons. The molecule has 5 rings (SSSR count). The topological polar surface area (TPSA) is 55.9 Å². The summed E-state index contributed by atoms with van der Waals surface area (Å²) in [5.74, 6) is -0.0204. The van der Waals surface area contributed by atoms with Gasteiger partial charge in [0.15, 0.2) is 0 Å². The number of hydrogen-bond donors (Lipinski definition) is 1. The first kappa shape index (κ1) is 18.0. The Hall–Kier alpha value is -3.02. The normalized spacial score (nSPS) is 20.9. The summed E-state index contributed by atoms with van der Waals surface area (Å²) < 4.78 is 0. The van der Waals surface area contributed by atoms with Crippen molar-refractivity contribution in [1.29, 1.82) is 0 Å². The van der Waals surface area contributed by atoms with Crippen LogP contribution in [-0.2, 0) is 4.79 Å². The van der Waals surface area contributed by atoms with Gasteiger partial charge in [-0.05, 0) is 49.6 Å². The minimum atomic E-state index is -0.0126. The Morgan fingerprint density at radius 2 is 1.86 bits per heavy atom. The maximum absolute atomic E-state index is 13.6. The number of nitrogens with zero attached hydrogens (tertiary/aromatic N) is 3. The van der Waals surface area contributed by atoms with E-state index in [1.54, 1.807) is 0 Å². The highest BCUT2D eigenvalue weighted by Crippen LogP contribution is 2.39. The standard InChI is InChI=1S/C23H26N4O2/c1-25-13-11-22(28)24-18-14-16(9-10-19(18)25)23(29)27-15-17-6-4-5-12-26(17)20-7-2-3-8-21(20)27/h2-3,7-10,14,17H,4-6,11-13,15H2,1H3,(H,24,28)/t17-/m0/s1. The van der Waals surface area contributed by atoms with Crippen LogP contribution in [0.5, 0.6) is 0 Å². The lowest BCUT2D eigenvalue weighted by molar-refractivity contribution is -0.115. The van der Waals surface area contributed by atoms with E-state index in [1.807, 2.05) is 48.3 Å². The van der Waals surface area contributed by atoms with Crippen LogP contribution in [0, 0.1) is 0 Å². The zero-order chi connectivity index (χ0) is 20.0. The van der Waals surface area contributed by atoms with Gasteiger partial charge < -0.3 is 20.0 Å². The molecule has 1 fully saturated rings. The van der Waals surface area contributed by atoms with Gasteiger partial charge >= 0.3 is 0 Å². The average Bonchev–Trinajstić information content (AvgIpc) is 2.90. The SMILES string of the molecule is CN1CCC(=O)Nc2cc(C(=O)N3C[C@@H]4CCCCN4c4ccccc43)ccc21. The molecule has 2 amide bonds. The van der Waals surface area contributed by atoms with Crippen molar-refractivity contribution in [2.24, 2.45) is 0 Å². The van der Waals surface area contributed by atoms with Crippen molar-refractivity contribution in [2.45, 2.75) is 31.7 Å². The van der Waals surface area contributed by atoms with E-state index in [4.69, 9.17) is 0 Å². The second-order valence-corrected chi connectivity index (χ2v) is 8.20. The van der Waals surface area contributed by atoms with Crippen LogP contribution in [-0.4, -0.2) is 44.5 Å². The monoisotopic (exact) mass is 390 g/mol. The highest BCUT2D eigenvalue weighted by Gasteiger charge is 2.35. The minimum Gasteiger partial charge on any atom is -0.372 e. The summed E-state index contributed by atoms with van der Waals surface area (Å²) in [6, 6.07) is 14.2. The van der Waals surface area contributed by atoms with Crippen molar-refractivity contribution in [3.63, 3.8) is 0 Å². The van der Waals surface area contributed by atoms with Crippen molar-refractivity contribution in [3.8, 4) is 0 Å². The van der Waals surface area contributed by atoms with Gasteiger partial charge in [0.25, 0.3) is 5.91 Å². The molecule has 3 heterocycles. The summed E-state index contributed by atoms with van der Waals surface area (Å²) >= 11 is 0. The highest BCUT2D eigenvalue weighted by molar-refractivity contribution is 6.10. The molecule has 1 saturated heterocycles. The van der Waals surface area contributed by atoms with Gasteiger partial charge in [0, 0.05) is 44.7 Å². The fourth-order valence-electron chi connectivity index (χ4n) is 4.80. The lowest BCUT2D eigenvalue weighted by Gasteiger charge is -2.46. The number of benzene rings is 2. The molecule has 2 aromatic rings. The van der Waals surface area contributed by atoms with Crippen molar-refractivity contribution in [1.82, 2.24) is 0 Å². The van der Waals surface area contributed by atoms with Crippen LogP contribution in [0.15, 0.2) is 42.5 Å². The molecule has 6 heteroatoms. The molecule has 3 aliphatic rings. The van der Waals surface area contributed by atoms with Gasteiger partial charge in [-0.2, -0.15) is 0 Å². The molecule has 6 nitrogen and oxygen atoms in total. The maximum atomic E-state index is 13.6. The molecule has 29 heavy (non-hydrogen) atoms. The summed E-state index contributed by atoms with van der Waals surface area (Å²) in [5.41, 5.74) is 4.40. The highest BCUT2D eigenvalue weighted by atomic mass is 16.2. The Morgan fingerprint density at radius 3 is 2.72 bits per heavy atom. The summed E-state index contributed by atoms with van der Waals surface area (Å²) in [4.78, 5) is 32.1. The fraction of sp³-hybridized carbons (Fsp3) is 0.391. The van der Waals surface area contributed by atoms with Crippen LogP contribution in [0.4, 0.5) is 22.7 Å². The number of anilines is 4. The van der Waals surface area contributed by atoms with Gasteiger partial charge in [-0.1, -0.05) is 12.1 Å². The zero-order valence-corrected chi connectivity index (χ0v) is 16.7. The summed E-state index contributed by atoms with van der Waals surface area (Å²) in [5, 5.41) is 2.96. The van der Waals surface area contributed by atoms with Crippen molar-refractivity contribution in [3.05, 3.63) is 48.0 Å². The van der Waals surface area contributed by atoms with E-state index in [0.29, 0.717) is 36.8 Å². The zero-order valence-electron chi connectivity index (χ0n) is 16.7. The summed E-state index contributed by atoms with van der Waals surface area (Å²) in [6.45, 7) is 2.43. The number of carbonyl (C=O) groups is 2. The molecule has 0 aromatic heterocycles. The van der Waals surface area contributed by atoms with Crippen LogP contribution in [0.25, 0.3) is 0 Å². The molecule has 3 aliphatic heterocycles. The number of piperidine rings is 1. The number of carbonyl (C=O) groups excluding carboxylic acids is 2. The largest absolute Gasteiger partial charge is 0.372 e. The van der Waals surface area contributed by atoms with E-state index in [1.165, 1.54) is 12.8 Å². The molecule has 1 N–H and O–H groups in total. The fourth-order valence-corrected chi connectivity index (χ4v) is 4.80. The quantitative estimate of drug-likeness (QED) is 0.810. The molecule has 0 saturated carbocycles. The van der Waals surface area contributed by atoms with Crippen LogP contribution in [0.2, 0.25) is 0 Å². The Morgan fingerprint density at radius 1 is 1.03 bits per heavy atom. The minimum absolute atomic E-state index is 0.00776. The number of hydrogen-bond acceptors (Lipinski definition) is 4. The Kier molecular flexibility index (Phi) is 4.42. The first-order valence-corrected chi connectivity index (χ1v) is 10.4. The molecule has 0 aliphatic carbocycles. The van der Waals surface area contributed by atoms with Crippen LogP contribution < -0.4 is 20.0 Å². The van der Waals surface area contributed by atoms with Gasteiger partial charge in [-0.25, -0.2) is 0 Å². The van der Waals surface area contributed by atoms with E-state index in [2.05, 4.69) is 21.2 Å². The first-order valence-electron chi connectivity index (χ1n) is 10.4. The predicted octanol–water partition coefficient (Wildman–Crippen LogP) is 3.48. The first-order chi connectivity index (χ1) is 14.1. The predicted molar refractivity (Wildman–Crippen MR) is 116 cm³/mol. The number of amides is 2. The number of para-hydroxylation sites is 2. The lowest BCUT2D eigenvalue weighted by Crippen LogP contribution is -2.52. The van der Waals surface area contributed by atoms with Crippen molar-refractivity contribution in [2.75, 3.05) is 46.7 Å². The third kappa shape index (κ3) is 3.12. The van der Waals surface area contributed by atoms with Crippen LogP contribution in [0.3, 0.4) is 0 Å². The second-order valence-electron chi connectivity index (χ2n) is 8.20. The van der Waals surface area contributed by atoms with E-state index >= 15 is 0 Å². The second kappa shape index (κ2) is 7.10.